The van der Waals surface area contributed by atoms with Gasteiger partial charge in [-0.25, -0.2) is 8.42 Å². The Bertz CT molecular complexity index is 708. The third-order valence-electron chi connectivity index (χ3n) is 2.76. The molecule has 5 heteroatoms. The molecule has 4 nitrogen and oxygen atoms in total. The van der Waals surface area contributed by atoms with Gasteiger partial charge in [-0.05, 0) is 18.2 Å². The molecule has 0 radical (unpaired) electrons. The molecule has 0 atom stereocenters. The number of hydrogen-bond acceptors (Lipinski definition) is 4. The third-order valence-corrected chi connectivity index (χ3v) is 3.85. The van der Waals surface area contributed by atoms with Crippen molar-refractivity contribution in [2.75, 3.05) is 6.26 Å². The molecule has 18 heavy (non-hydrogen) atoms. The first kappa shape index (κ1) is 12.8. The van der Waals surface area contributed by atoms with Crippen molar-refractivity contribution in [3.8, 4) is 0 Å². The highest BCUT2D eigenvalue weighted by Gasteiger charge is 2.16. The first-order chi connectivity index (χ1) is 8.32. The normalized spacial score (nSPS) is 12.2. The fraction of sp³-hybridized carbons (Fsp3) is 0.308. The van der Waals surface area contributed by atoms with Crippen LogP contribution in [0, 0.1) is 0 Å². The highest BCUT2D eigenvalue weighted by Crippen LogP contribution is 2.29. The van der Waals surface area contributed by atoms with Crippen LogP contribution in [0.4, 0.5) is 0 Å². The second-order valence-electron chi connectivity index (χ2n) is 4.62. The van der Waals surface area contributed by atoms with Crippen LogP contribution >= 0.6 is 0 Å². The SMILES string of the molecule is CC(C)c1cc2cc(S(C)(=O)=O)cc(C=O)c2o1. The van der Waals surface area contributed by atoms with Crippen LogP contribution < -0.4 is 0 Å². The van der Waals surface area contributed by atoms with Gasteiger partial charge >= 0.3 is 0 Å². The van der Waals surface area contributed by atoms with Crippen LogP contribution in [-0.2, 0) is 9.84 Å². The topological polar surface area (TPSA) is 64.3 Å². The van der Waals surface area contributed by atoms with Crippen molar-refractivity contribution in [3.63, 3.8) is 0 Å². The van der Waals surface area contributed by atoms with Crippen LogP contribution in [0.1, 0.15) is 35.9 Å². The number of furan rings is 1. The minimum atomic E-state index is -3.34. The van der Waals surface area contributed by atoms with E-state index in [2.05, 4.69) is 0 Å². The molecule has 96 valence electrons. The Labute approximate surface area is 106 Å². The number of carbonyl (C=O) groups excluding carboxylic acids is 1. The molecule has 0 aliphatic heterocycles. The van der Waals surface area contributed by atoms with Crippen molar-refractivity contribution in [1.82, 2.24) is 0 Å². The van der Waals surface area contributed by atoms with E-state index >= 15 is 0 Å². The molecule has 0 saturated heterocycles. The number of aldehydes is 1. The zero-order valence-electron chi connectivity index (χ0n) is 10.4. The summed E-state index contributed by atoms with van der Waals surface area (Å²) < 4.78 is 28.7. The molecule has 1 aromatic heterocycles. The van der Waals surface area contributed by atoms with Crippen LogP contribution in [-0.4, -0.2) is 21.0 Å². The van der Waals surface area contributed by atoms with E-state index in [-0.39, 0.29) is 16.4 Å². The minimum Gasteiger partial charge on any atom is -0.460 e. The van der Waals surface area contributed by atoms with Gasteiger partial charge in [0.1, 0.15) is 11.3 Å². The first-order valence-corrected chi connectivity index (χ1v) is 7.45. The minimum absolute atomic E-state index is 0.133. The smallest absolute Gasteiger partial charge is 0.175 e. The summed E-state index contributed by atoms with van der Waals surface area (Å²) >= 11 is 0. The maximum atomic E-state index is 11.5. The number of benzene rings is 1. The van der Waals surface area contributed by atoms with Gasteiger partial charge < -0.3 is 4.42 Å². The number of hydrogen-bond donors (Lipinski definition) is 0. The van der Waals surface area contributed by atoms with Gasteiger partial charge in [0, 0.05) is 17.6 Å². The van der Waals surface area contributed by atoms with Crippen molar-refractivity contribution in [2.24, 2.45) is 0 Å². The van der Waals surface area contributed by atoms with Gasteiger partial charge in [-0.15, -0.1) is 0 Å². The molecule has 1 heterocycles. The summed E-state index contributed by atoms with van der Waals surface area (Å²) in [4.78, 5) is 11.2. The lowest BCUT2D eigenvalue weighted by molar-refractivity contribution is 0.112. The van der Waals surface area contributed by atoms with Crippen molar-refractivity contribution in [3.05, 3.63) is 29.5 Å². The molecular weight excluding hydrogens is 252 g/mol. The predicted octanol–water partition coefficient (Wildman–Crippen LogP) is 2.77. The number of sulfone groups is 1. The molecule has 0 unspecified atom stereocenters. The Hall–Kier alpha value is -1.62. The molecule has 2 aromatic rings. The lowest BCUT2D eigenvalue weighted by Gasteiger charge is -2.00. The van der Waals surface area contributed by atoms with Crippen molar-refractivity contribution in [1.29, 1.82) is 0 Å². The Morgan fingerprint density at radius 2 is 1.89 bits per heavy atom. The summed E-state index contributed by atoms with van der Waals surface area (Å²) in [5, 5.41) is 0.642. The second-order valence-corrected chi connectivity index (χ2v) is 6.64. The largest absolute Gasteiger partial charge is 0.460 e. The summed E-state index contributed by atoms with van der Waals surface area (Å²) in [5.41, 5.74) is 0.709. The molecule has 2 rings (SSSR count). The van der Waals surface area contributed by atoms with Crippen molar-refractivity contribution >= 4 is 27.1 Å². The highest BCUT2D eigenvalue weighted by atomic mass is 32.2. The molecule has 0 fully saturated rings. The third kappa shape index (κ3) is 2.18. The Morgan fingerprint density at radius 1 is 1.22 bits per heavy atom. The van der Waals surface area contributed by atoms with Crippen LogP contribution in [0.2, 0.25) is 0 Å². The number of rotatable bonds is 3. The molecule has 0 aliphatic carbocycles. The first-order valence-electron chi connectivity index (χ1n) is 5.55. The zero-order chi connectivity index (χ0) is 13.5. The van der Waals surface area contributed by atoms with Gasteiger partial charge in [0.15, 0.2) is 16.1 Å². The Balaban J connectivity index is 2.80. The molecule has 0 spiro atoms. The number of carbonyl (C=O) groups is 1. The molecule has 0 bridgehead atoms. The van der Waals surface area contributed by atoms with Crippen molar-refractivity contribution < 1.29 is 17.6 Å². The Morgan fingerprint density at radius 3 is 2.39 bits per heavy atom. The van der Waals surface area contributed by atoms with E-state index in [0.717, 1.165) is 12.0 Å². The highest BCUT2D eigenvalue weighted by molar-refractivity contribution is 7.90. The average Bonchev–Trinajstić information content (AvgIpc) is 2.70. The standard InChI is InChI=1S/C13H14O4S/c1-8(2)12-6-9-4-11(18(3,15)16)5-10(7-14)13(9)17-12/h4-8H,1-3H3. The monoisotopic (exact) mass is 266 g/mol. The lowest BCUT2D eigenvalue weighted by atomic mass is 10.1. The molecule has 0 aliphatic rings. The summed E-state index contributed by atoms with van der Waals surface area (Å²) in [6, 6.07) is 4.66. The predicted molar refractivity (Wildman–Crippen MR) is 68.8 cm³/mol. The summed E-state index contributed by atoms with van der Waals surface area (Å²) in [6.07, 6.45) is 1.73. The molecule has 1 aromatic carbocycles. The lowest BCUT2D eigenvalue weighted by Crippen LogP contribution is -1.98. The quantitative estimate of drug-likeness (QED) is 0.801. The van der Waals surface area contributed by atoms with E-state index in [1.807, 2.05) is 13.8 Å². The van der Waals surface area contributed by atoms with E-state index in [0.29, 0.717) is 17.3 Å². The molecule has 0 amide bonds. The van der Waals surface area contributed by atoms with Crippen LogP contribution in [0.25, 0.3) is 11.0 Å². The number of fused-ring (bicyclic) bond motifs is 1. The van der Waals surface area contributed by atoms with Gasteiger partial charge in [-0.2, -0.15) is 0 Å². The maximum absolute atomic E-state index is 11.5. The zero-order valence-corrected chi connectivity index (χ0v) is 11.2. The van der Waals surface area contributed by atoms with Crippen LogP contribution in [0.3, 0.4) is 0 Å². The second kappa shape index (κ2) is 4.24. The maximum Gasteiger partial charge on any atom is 0.175 e. The van der Waals surface area contributed by atoms with E-state index in [1.165, 1.54) is 12.1 Å². The van der Waals surface area contributed by atoms with Gasteiger partial charge in [0.25, 0.3) is 0 Å². The molecular formula is C13H14O4S. The van der Waals surface area contributed by atoms with E-state index in [4.69, 9.17) is 4.42 Å². The van der Waals surface area contributed by atoms with Gasteiger partial charge in [-0.1, -0.05) is 13.8 Å². The summed E-state index contributed by atoms with van der Waals surface area (Å²) in [5.74, 6) is 0.914. The van der Waals surface area contributed by atoms with Gasteiger partial charge in [0.2, 0.25) is 0 Å². The summed E-state index contributed by atoms with van der Waals surface area (Å²) in [7, 11) is -3.34. The van der Waals surface area contributed by atoms with Gasteiger partial charge in [-0.3, -0.25) is 4.79 Å². The Kier molecular flexibility index (Phi) is 3.02. The van der Waals surface area contributed by atoms with Gasteiger partial charge in [0.05, 0.1) is 10.5 Å². The summed E-state index contributed by atoms with van der Waals surface area (Å²) in [6.45, 7) is 3.94. The fourth-order valence-electron chi connectivity index (χ4n) is 1.76. The fourth-order valence-corrected chi connectivity index (χ4v) is 2.44. The van der Waals surface area contributed by atoms with E-state index in [9.17, 15) is 13.2 Å². The average molecular weight is 266 g/mol. The van der Waals surface area contributed by atoms with Crippen molar-refractivity contribution in [2.45, 2.75) is 24.7 Å². The molecule has 0 N–H and O–H groups in total. The van der Waals surface area contributed by atoms with Crippen LogP contribution in [0.5, 0.6) is 0 Å². The molecule has 0 saturated carbocycles. The van der Waals surface area contributed by atoms with E-state index in [1.54, 1.807) is 6.07 Å². The van der Waals surface area contributed by atoms with E-state index < -0.39 is 9.84 Å². The van der Waals surface area contributed by atoms with Crippen LogP contribution in [0.15, 0.2) is 27.5 Å².